The van der Waals surface area contributed by atoms with Crippen molar-refractivity contribution in [3.05, 3.63) is 0 Å². The lowest BCUT2D eigenvalue weighted by molar-refractivity contribution is -0.168. The summed E-state index contributed by atoms with van der Waals surface area (Å²) in [4.78, 5) is 0. The van der Waals surface area contributed by atoms with Crippen LogP contribution >= 0.6 is 0 Å². The fraction of sp³-hybridized carbons (Fsp3) is 1.00. The summed E-state index contributed by atoms with van der Waals surface area (Å²) in [5, 5.41) is 73.1. The molecule has 8 N–H and O–H groups in total. The maximum absolute atomic E-state index is 9.40. The molecule has 7 atom stereocenters. The number of aliphatic hydroxyl groups is 8. The summed E-state index contributed by atoms with van der Waals surface area (Å²) >= 11 is 0. The first-order valence-electron chi connectivity index (χ1n) is 5.11. The molecule has 0 radical (unpaired) electrons. The maximum Gasteiger partial charge on any atom is 0.111 e. The van der Waals surface area contributed by atoms with Gasteiger partial charge in [0.25, 0.3) is 0 Å². The van der Waals surface area contributed by atoms with Gasteiger partial charge < -0.3 is 40.9 Å². The third kappa shape index (κ3) is 4.45. The first kappa shape index (κ1) is 16.7. The molecule has 6 unspecified atom stereocenters. The maximum atomic E-state index is 9.40. The first-order chi connectivity index (χ1) is 7.73. The average Bonchev–Trinajstić information content (AvgIpc) is 2.32. The molecule has 8 heteroatoms. The Morgan fingerprint density at radius 3 is 1.35 bits per heavy atom. The molecule has 8 nitrogen and oxygen atoms in total. The molecular weight excluding hydrogens is 236 g/mol. The van der Waals surface area contributed by atoms with E-state index in [9.17, 15) is 25.5 Å². The van der Waals surface area contributed by atoms with Gasteiger partial charge in [0.15, 0.2) is 0 Å². The van der Waals surface area contributed by atoms with Crippen molar-refractivity contribution in [3.8, 4) is 0 Å². The Morgan fingerprint density at radius 2 is 1.00 bits per heavy atom. The van der Waals surface area contributed by atoms with E-state index in [4.69, 9.17) is 15.3 Å². The molecule has 0 amide bonds. The van der Waals surface area contributed by atoms with E-state index in [0.29, 0.717) is 0 Å². The Balaban J connectivity index is 4.53. The van der Waals surface area contributed by atoms with Crippen molar-refractivity contribution in [2.75, 3.05) is 6.61 Å². The molecule has 0 heterocycles. The van der Waals surface area contributed by atoms with E-state index in [1.807, 2.05) is 0 Å². The third-order valence-electron chi connectivity index (χ3n) is 2.48. The molecule has 17 heavy (non-hydrogen) atoms. The smallest absolute Gasteiger partial charge is 0.111 e. The number of hydrogen-bond donors (Lipinski definition) is 8. The van der Waals surface area contributed by atoms with Gasteiger partial charge in [-0.1, -0.05) is 0 Å². The fourth-order valence-electron chi connectivity index (χ4n) is 1.23. The van der Waals surface area contributed by atoms with Gasteiger partial charge in [-0.05, 0) is 6.92 Å². The van der Waals surface area contributed by atoms with Crippen molar-refractivity contribution < 1.29 is 40.9 Å². The molecule has 0 bridgehead atoms. The minimum atomic E-state index is -1.99. The summed E-state index contributed by atoms with van der Waals surface area (Å²) < 4.78 is 0. The largest absolute Gasteiger partial charge is 0.394 e. The zero-order valence-electron chi connectivity index (χ0n) is 9.33. The van der Waals surface area contributed by atoms with Gasteiger partial charge in [0.05, 0.1) is 12.7 Å². The van der Waals surface area contributed by atoms with E-state index in [0.717, 1.165) is 6.92 Å². The van der Waals surface area contributed by atoms with Crippen LogP contribution in [0.15, 0.2) is 0 Å². The summed E-state index contributed by atoms with van der Waals surface area (Å²) in [6, 6.07) is 0. The summed E-state index contributed by atoms with van der Waals surface area (Å²) in [5.74, 6) is 0. The number of hydrogen-bond acceptors (Lipinski definition) is 8. The summed E-state index contributed by atoms with van der Waals surface area (Å²) in [5.41, 5.74) is 0. The second-order valence-electron chi connectivity index (χ2n) is 3.94. The highest BCUT2D eigenvalue weighted by atomic mass is 16.4. The monoisotopic (exact) mass is 256 g/mol. The van der Waals surface area contributed by atoms with Crippen molar-refractivity contribution in [3.63, 3.8) is 0 Å². The van der Waals surface area contributed by atoms with Crippen LogP contribution in [-0.2, 0) is 0 Å². The highest BCUT2D eigenvalue weighted by molar-refractivity contribution is 4.88. The summed E-state index contributed by atoms with van der Waals surface area (Å²) in [6.45, 7) is 0.311. The average molecular weight is 256 g/mol. The lowest BCUT2D eigenvalue weighted by Crippen LogP contribution is -2.54. The van der Waals surface area contributed by atoms with Gasteiger partial charge in [-0.3, -0.25) is 0 Å². The van der Waals surface area contributed by atoms with Crippen LogP contribution in [-0.4, -0.2) is 90.2 Å². The lowest BCUT2D eigenvalue weighted by atomic mass is 9.95. The van der Waals surface area contributed by atoms with Crippen LogP contribution in [0.1, 0.15) is 6.92 Å². The first-order valence-corrected chi connectivity index (χ1v) is 5.11. The molecule has 0 fully saturated rings. The molecular formula is C9H20O8. The van der Waals surface area contributed by atoms with Crippen LogP contribution in [0.3, 0.4) is 0 Å². The van der Waals surface area contributed by atoms with E-state index in [1.165, 1.54) is 0 Å². The van der Waals surface area contributed by atoms with E-state index in [-0.39, 0.29) is 0 Å². The Hall–Kier alpha value is -0.320. The molecule has 0 saturated heterocycles. The van der Waals surface area contributed by atoms with Crippen LogP contribution in [0.5, 0.6) is 0 Å². The minimum absolute atomic E-state index is 0.847. The second-order valence-corrected chi connectivity index (χ2v) is 3.94. The normalized spacial score (nSPS) is 24.5. The Labute approximate surface area is 98.0 Å². The Kier molecular flexibility index (Phi) is 7.05. The van der Waals surface area contributed by atoms with Crippen LogP contribution in [0, 0.1) is 0 Å². The predicted molar refractivity (Wildman–Crippen MR) is 54.8 cm³/mol. The molecule has 0 rings (SSSR count). The zero-order chi connectivity index (χ0) is 13.7. The van der Waals surface area contributed by atoms with Gasteiger partial charge in [0.1, 0.15) is 36.6 Å². The number of aliphatic hydroxyl groups excluding tert-OH is 8. The molecule has 0 aromatic rings. The molecule has 0 aliphatic carbocycles. The Bertz CT molecular complexity index is 211. The SMILES string of the molecule is CC(O)C(O)C(O)C(O)C(O)[C@H](O)C(O)CO. The van der Waals surface area contributed by atoms with Crippen molar-refractivity contribution in [2.45, 2.75) is 49.7 Å². The fourth-order valence-corrected chi connectivity index (χ4v) is 1.23. The molecule has 0 aromatic carbocycles. The third-order valence-corrected chi connectivity index (χ3v) is 2.48. The van der Waals surface area contributed by atoms with Crippen LogP contribution in [0.2, 0.25) is 0 Å². The lowest BCUT2D eigenvalue weighted by Gasteiger charge is -2.31. The van der Waals surface area contributed by atoms with E-state index in [2.05, 4.69) is 0 Å². The molecule has 104 valence electrons. The van der Waals surface area contributed by atoms with Gasteiger partial charge in [-0.15, -0.1) is 0 Å². The minimum Gasteiger partial charge on any atom is -0.394 e. The summed E-state index contributed by atoms with van der Waals surface area (Å²) in [6.07, 6.45) is -12.6. The number of rotatable bonds is 7. The van der Waals surface area contributed by atoms with Crippen LogP contribution in [0.4, 0.5) is 0 Å². The van der Waals surface area contributed by atoms with Gasteiger partial charge in [0, 0.05) is 0 Å². The van der Waals surface area contributed by atoms with Gasteiger partial charge in [-0.2, -0.15) is 0 Å². The van der Waals surface area contributed by atoms with Gasteiger partial charge >= 0.3 is 0 Å². The highest BCUT2D eigenvalue weighted by Crippen LogP contribution is 2.12. The topological polar surface area (TPSA) is 162 Å². The predicted octanol–water partition coefficient (Wildman–Crippen LogP) is -4.48. The standard InChI is InChI=1S/C9H20O8/c1-3(11)5(13)7(15)9(17)8(16)6(14)4(12)2-10/h3-17H,2H2,1H3/t3?,4?,5?,6-,7?,8?,9?/m1/s1. The molecule has 0 aromatic heterocycles. The van der Waals surface area contributed by atoms with Gasteiger partial charge in [0.2, 0.25) is 0 Å². The van der Waals surface area contributed by atoms with E-state index in [1.54, 1.807) is 0 Å². The second kappa shape index (κ2) is 7.19. The van der Waals surface area contributed by atoms with Crippen molar-refractivity contribution in [1.82, 2.24) is 0 Å². The quantitative estimate of drug-likeness (QED) is 0.226. The zero-order valence-corrected chi connectivity index (χ0v) is 9.33. The Morgan fingerprint density at radius 1 is 0.647 bits per heavy atom. The molecule has 0 saturated carbocycles. The van der Waals surface area contributed by atoms with Crippen molar-refractivity contribution >= 4 is 0 Å². The van der Waals surface area contributed by atoms with Gasteiger partial charge in [-0.25, -0.2) is 0 Å². The molecule has 0 aliphatic heterocycles. The van der Waals surface area contributed by atoms with Crippen molar-refractivity contribution in [1.29, 1.82) is 0 Å². The van der Waals surface area contributed by atoms with Crippen LogP contribution < -0.4 is 0 Å². The highest BCUT2D eigenvalue weighted by Gasteiger charge is 2.38. The van der Waals surface area contributed by atoms with Crippen LogP contribution in [0.25, 0.3) is 0 Å². The van der Waals surface area contributed by atoms with E-state index < -0.39 is 49.3 Å². The summed E-state index contributed by atoms with van der Waals surface area (Å²) in [7, 11) is 0. The van der Waals surface area contributed by atoms with E-state index >= 15 is 0 Å². The molecule has 0 spiro atoms. The molecule has 0 aliphatic rings. The van der Waals surface area contributed by atoms with Crippen molar-refractivity contribution in [2.24, 2.45) is 0 Å².